The normalized spacial score (nSPS) is 10.5. The molecule has 0 aliphatic heterocycles. The number of halogens is 1. The lowest BCUT2D eigenvalue weighted by Gasteiger charge is -2.12. The van der Waals surface area contributed by atoms with E-state index < -0.39 is 0 Å². The Hall–Kier alpha value is -3.05. The van der Waals surface area contributed by atoms with Gasteiger partial charge in [0.25, 0.3) is 5.56 Å². The maximum absolute atomic E-state index is 13.1. The van der Waals surface area contributed by atoms with Gasteiger partial charge in [0.15, 0.2) is 5.16 Å². The number of thiophene rings is 2. The largest absolute Gasteiger partial charge is 0.495 e. The number of H-pyrrole nitrogens is 1. The van der Waals surface area contributed by atoms with E-state index in [-0.39, 0.29) is 11.4 Å². The van der Waals surface area contributed by atoms with Crippen molar-refractivity contribution in [3.8, 4) is 16.3 Å². The maximum Gasteiger partial charge on any atom is 0.255 e. The van der Waals surface area contributed by atoms with Gasteiger partial charge in [0, 0.05) is 21.1 Å². The SMILES string of the molecule is COc1cc(CSc2nc(-c3ccc(C)s3)c(C)c(=O)[nH]2)ccc1NSc1ccc(F)cc1.c1ccsc1. The van der Waals surface area contributed by atoms with Gasteiger partial charge in [-0.2, -0.15) is 11.3 Å². The van der Waals surface area contributed by atoms with Crippen LogP contribution in [0, 0.1) is 19.7 Å². The van der Waals surface area contributed by atoms with Crippen LogP contribution in [0.5, 0.6) is 5.75 Å². The van der Waals surface area contributed by atoms with Crippen molar-refractivity contribution >= 4 is 52.1 Å². The maximum atomic E-state index is 13.1. The summed E-state index contributed by atoms with van der Waals surface area (Å²) in [6, 6.07) is 20.2. The number of aryl methyl sites for hydroxylation is 1. The molecule has 0 aliphatic rings. The van der Waals surface area contributed by atoms with Crippen LogP contribution >= 0.6 is 46.4 Å². The van der Waals surface area contributed by atoms with Crippen molar-refractivity contribution in [2.45, 2.75) is 29.7 Å². The second-order valence-corrected chi connectivity index (χ2v) is 12.0. The molecule has 0 saturated carbocycles. The van der Waals surface area contributed by atoms with Gasteiger partial charge >= 0.3 is 0 Å². The van der Waals surface area contributed by atoms with E-state index in [1.165, 1.54) is 40.7 Å². The van der Waals surface area contributed by atoms with Gasteiger partial charge in [-0.1, -0.05) is 30.0 Å². The summed E-state index contributed by atoms with van der Waals surface area (Å²) in [5.74, 6) is 1.06. The first-order valence-corrected chi connectivity index (χ1v) is 15.1. The molecular formula is C28H26FN3O2S4. The minimum Gasteiger partial charge on any atom is -0.495 e. The van der Waals surface area contributed by atoms with E-state index in [0.29, 0.717) is 22.2 Å². The van der Waals surface area contributed by atoms with Crippen molar-refractivity contribution in [3.05, 3.63) is 110 Å². The Morgan fingerprint density at radius 2 is 1.82 bits per heavy atom. The third-order valence-electron chi connectivity index (χ3n) is 5.26. The van der Waals surface area contributed by atoms with Crippen molar-refractivity contribution in [2.75, 3.05) is 11.8 Å². The van der Waals surface area contributed by atoms with E-state index in [9.17, 15) is 9.18 Å². The van der Waals surface area contributed by atoms with Crippen LogP contribution in [0.2, 0.25) is 0 Å². The van der Waals surface area contributed by atoms with E-state index in [0.717, 1.165) is 26.7 Å². The van der Waals surface area contributed by atoms with Crippen LogP contribution in [0.1, 0.15) is 16.0 Å². The number of methoxy groups -OCH3 is 1. The van der Waals surface area contributed by atoms with Crippen LogP contribution in [-0.4, -0.2) is 17.1 Å². The lowest BCUT2D eigenvalue weighted by Crippen LogP contribution is -2.13. The number of hydrogen-bond acceptors (Lipinski definition) is 8. The van der Waals surface area contributed by atoms with Crippen LogP contribution in [-0.2, 0) is 5.75 Å². The van der Waals surface area contributed by atoms with Crippen molar-refractivity contribution in [1.82, 2.24) is 9.97 Å². The van der Waals surface area contributed by atoms with E-state index in [1.54, 1.807) is 48.8 Å². The Morgan fingerprint density at radius 3 is 2.45 bits per heavy atom. The average molecular weight is 584 g/mol. The minimum absolute atomic E-state index is 0.122. The minimum atomic E-state index is -0.263. The highest BCUT2D eigenvalue weighted by molar-refractivity contribution is 8.00. The number of hydrogen-bond donors (Lipinski definition) is 2. The van der Waals surface area contributed by atoms with Crippen molar-refractivity contribution < 1.29 is 9.13 Å². The highest BCUT2D eigenvalue weighted by Gasteiger charge is 2.13. The second-order valence-electron chi connectivity index (χ2n) is 8.03. The zero-order valence-electron chi connectivity index (χ0n) is 21.0. The number of ether oxygens (including phenoxy) is 1. The van der Waals surface area contributed by atoms with E-state index in [2.05, 4.69) is 9.71 Å². The fourth-order valence-electron chi connectivity index (χ4n) is 3.29. The summed E-state index contributed by atoms with van der Waals surface area (Å²) in [5, 5.41) is 4.67. The Morgan fingerprint density at radius 1 is 1.05 bits per heavy atom. The molecule has 0 atom stereocenters. The molecule has 0 saturated heterocycles. The summed E-state index contributed by atoms with van der Waals surface area (Å²) < 4.78 is 21.9. The quantitative estimate of drug-likeness (QED) is 0.109. The van der Waals surface area contributed by atoms with Gasteiger partial charge in [-0.3, -0.25) is 4.79 Å². The monoisotopic (exact) mass is 583 g/mol. The van der Waals surface area contributed by atoms with Gasteiger partial charge in [-0.15, -0.1) is 11.3 Å². The number of aromatic amines is 1. The molecule has 0 aliphatic carbocycles. The second kappa shape index (κ2) is 13.7. The summed E-state index contributed by atoms with van der Waals surface area (Å²) >= 11 is 6.19. The van der Waals surface area contributed by atoms with E-state index >= 15 is 0 Å². The fourth-order valence-corrected chi connectivity index (χ4v) is 6.13. The van der Waals surface area contributed by atoms with Gasteiger partial charge in [0.1, 0.15) is 11.6 Å². The van der Waals surface area contributed by atoms with Crippen LogP contribution in [0.15, 0.2) is 92.3 Å². The van der Waals surface area contributed by atoms with Crippen LogP contribution in [0.25, 0.3) is 10.6 Å². The number of nitrogens with one attached hydrogen (secondary N) is 2. The summed E-state index contributed by atoms with van der Waals surface area (Å²) in [7, 11) is 1.62. The van der Waals surface area contributed by atoms with Crippen molar-refractivity contribution in [2.24, 2.45) is 0 Å². The molecule has 2 aromatic carbocycles. The standard InChI is InChI=1S/C24H22FN3O2S3.C4H4S/c1-14-4-11-21(32-14)22-15(2)23(29)27-24(26-22)31-13-16-5-10-19(20(12-16)30-3)28-33-18-8-6-17(25)7-9-18;1-2-4-5-3-1/h4-12,28H,13H2,1-3H3,(H,26,27,29);1-4H. The number of aromatic nitrogens is 2. The molecule has 3 aromatic heterocycles. The smallest absolute Gasteiger partial charge is 0.255 e. The molecule has 0 unspecified atom stereocenters. The molecule has 0 radical (unpaired) electrons. The van der Waals surface area contributed by atoms with Gasteiger partial charge < -0.3 is 14.4 Å². The molecule has 0 fully saturated rings. The Kier molecular flexibility index (Phi) is 10.1. The van der Waals surface area contributed by atoms with E-state index in [4.69, 9.17) is 9.72 Å². The van der Waals surface area contributed by atoms with Crippen LogP contribution < -0.4 is 15.0 Å². The van der Waals surface area contributed by atoms with E-state index in [1.807, 2.05) is 60.1 Å². The molecule has 10 heteroatoms. The molecule has 196 valence electrons. The highest BCUT2D eigenvalue weighted by Crippen LogP contribution is 2.33. The number of thioether (sulfide) groups is 1. The summed E-state index contributed by atoms with van der Waals surface area (Å²) in [4.78, 5) is 23.1. The predicted octanol–water partition coefficient (Wildman–Crippen LogP) is 8.42. The van der Waals surface area contributed by atoms with Gasteiger partial charge in [-0.25, -0.2) is 9.37 Å². The Bertz CT molecular complexity index is 1500. The molecule has 5 rings (SSSR count). The third-order valence-corrected chi connectivity index (χ3v) is 8.67. The van der Waals surface area contributed by atoms with Crippen LogP contribution in [0.3, 0.4) is 0 Å². The Balaban J connectivity index is 0.000000603. The molecule has 0 bridgehead atoms. The predicted molar refractivity (Wildman–Crippen MR) is 160 cm³/mol. The zero-order chi connectivity index (χ0) is 26.9. The molecule has 5 aromatic rings. The molecular weight excluding hydrogens is 558 g/mol. The molecule has 2 N–H and O–H groups in total. The lowest BCUT2D eigenvalue weighted by atomic mass is 10.2. The topological polar surface area (TPSA) is 67.0 Å². The summed E-state index contributed by atoms with van der Waals surface area (Å²) in [5.41, 5.74) is 3.08. The average Bonchev–Trinajstić information content (AvgIpc) is 3.65. The zero-order valence-corrected chi connectivity index (χ0v) is 24.3. The lowest BCUT2D eigenvalue weighted by molar-refractivity contribution is 0.416. The number of rotatable bonds is 8. The molecule has 0 spiro atoms. The fraction of sp³-hybridized carbons (Fsp3) is 0.143. The Labute approximate surface area is 237 Å². The molecule has 0 amide bonds. The number of benzene rings is 2. The molecule has 5 nitrogen and oxygen atoms in total. The first-order valence-electron chi connectivity index (χ1n) is 11.6. The molecule has 38 heavy (non-hydrogen) atoms. The van der Waals surface area contributed by atoms with Gasteiger partial charge in [0.05, 0.1) is 23.4 Å². The number of nitrogens with zero attached hydrogens (tertiary/aromatic N) is 1. The summed E-state index contributed by atoms with van der Waals surface area (Å²) in [6.07, 6.45) is 0. The van der Waals surface area contributed by atoms with Gasteiger partial charge in [-0.05, 0) is 90.6 Å². The van der Waals surface area contributed by atoms with Crippen LogP contribution in [0.4, 0.5) is 10.1 Å². The first-order chi connectivity index (χ1) is 18.4. The highest BCUT2D eigenvalue weighted by atomic mass is 32.2. The third kappa shape index (κ3) is 7.73. The van der Waals surface area contributed by atoms with Crippen molar-refractivity contribution in [3.63, 3.8) is 0 Å². The first kappa shape index (κ1) is 28.0. The summed E-state index contributed by atoms with van der Waals surface area (Å²) in [6.45, 7) is 3.83. The van der Waals surface area contributed by atoms with Gasteiger partial charge in [0.2, 0.25) is 0 Å². The number of anilines is 1. The molecule has 3 heterocycles. The van der Waals surface area contributed by atoms with Crippen molar-refractivity contribution in [1.29, 1.82) is 0 Å².